The first-order valence-electron chi connectivity index (χ1n) is 19.4. The Labute approximate surface area is 340 Å². The average molecular weight is 816 g/mol. The number of nitrogens with zero attached hydrogens (tertiary/aromatic N) is 2. The van der Waals surface area contributed by atoms with E-state index in [9.17, 15) is 27.6 Å². The summed E-state index contributed by atoms with van der Waals surface area (Å²) in [5.74, 6) is -1.50. The number of carbonyl (C=O) groups excluding carboxylic acids is 4. The molecule has 1 aromatic heterocycles. The molecule has 3 aromatic rings. The summed E-state index contributed by atoms with van der Waals surface area (Å²) in [7, 11) is -2.33. The van der Waals surface area contributed by atoms with Crippen LogP contribution in [0.15, 0.2) is 79.4 Å². The van der Waals surface area contributed by atoms with Gasteiger partial charge in [0.25, 0.3) is 5.91 Å². The molecule has 0 spiro atoms. The van der Waals surface area contributed by atoms with Crippen molar-refractivity contribution in [3.63, 3.8) is 0 Å². The monoisotopic (exact) mass is 815 g/mol. The molecular weight excluding hydrogens is 763 g/mol. The number of carbonyl (C=O) groups is 4. The second-order valence-corrected chi connectivity index (χ2v) is 19.2. The van der Waals surface area contributed by atoms with Crippen LogP contribution in [0, 0.1) is 11.3 Å². The van der Waals surface area contributed by atoms with Gasteiger partial charge < -0.3 is 29.7 Å². The number of benzene rings is 2. The van der Waals surface area contributed by atoms with Crippen molar-refractivity contribution in [2.75, 3.05) is 13.7 Å². The van der Waals surface area contributed by atoms with Gasteiger partial charge in [0.2, 0.25) is 21.8 Å². The van der Waals surface area contributed by atoms with Crippen molar-refractivity contribution >= 4 is 33.8 Å². The highest BCUT2D eigenvalue weighted by Gasteiger charge is 2.62. The van der Waals surface area contributed by atoms with Gasteiger partial charge in [0, 0.05) is 35.6 Å². The van der Waals surface area contributed by atoms with E-state index in [0.717, 1.165) is 11.1 Å². The third-order valence-corrected chi connectivity index (χ3v) is 12.2. The van der Waals surface area contributed by atoms with Crippen molar-refractivity contribution < 1.29 is 41.8 Å². The van der Waals surface area contributed by atoms with Gasteiger partial charge in [0.15, 0.2) is 0 Å². The molecule has 15 heteroatoms. The summed E-state index contributed by atoms with van der Waals surface area (Å²) in [6, 6.07) is 18.3. The van der Waals surface area contributed by atoms with E-state index in [-0.39, 0.29) is 19.4 Å². The van der Waals surface area contributed by atoms with Gasteiger partial charge in [-0.25, -0.2) is 18.2 Å². The lowest BCUT2D eigenvalue weighted by atomic mass is 9.85. The summed E-state index contributed by atoms with van der Waals surface area (Å²) < 4.78 is 45.2. The summed E-state index contributed by atoms with van der Waals surface area (Å²) >= 11 is 0. The number of nitrogens with one attached hydrogen (secondary N) is 3. The Morgan fingerprint density at radius 1 is 0.931 bits per heavy atom. The molecule has 6 rings (SSSR count). The molecule has 3 aliphatic rings. The predicted octanol–water partition coefficient (Wildman–Crippen LogP) is 5.38. The maximum Gasteiger partial charge on any atom is 0.408 e. The van der Waals surface area contributed by atoms with Gasteiger partial charge in [-0.3, -0.25) is 19.1 Å². The Bertz CT molecular complexity index is 2160. The highest BCUT2D eigenvalue weighted by Crippen LogP contribution is 2.45. The smallest absolute Gasteiger partial charge is 0.408 e. The van der Waals surface area contributed by atoms with Crippen LogP contribution >= 0.6 is 0 Å². The van der Waals surface area contributed by atoms with Gasteiger partial charge in [-0.2, -0.15) is 0 Å². The van der Waals surface area contributed by atoms with Gasteiger partial charge >= 0.3 is 6.09 Å². The lowest BCUT2D eigenvalue weighted by Gasteiger charge is -2.36. The maximum atomic E-state index is 14.7. The fourth-order valence-corrected chi connectivity index (χ4v) is 8.43. The second-order valence-electron chi connectivity index (χ2n) is 17.3. The van der Waals surface area contributed by atoms with Gasteiger partial charge in [-0.05, 0) is 69.7 Å². The van der Waals surface area contributed by atoms with Gasteiger partial charge in [0.05, 0.1) is 30.3 Å². The highest BCUT2D eigenvalue weighted by molar-refractivity contribution is 7.91. The number of rotatable bonds is 13. The van der Waals surface area contributed by atoms with Crippen LogP contribution in [0.3, 0.4) is 0 Å². The van der Waals surface area contributed by atoms with Crippen LogP contribution in [0.1, 0.15) is 67.2 Å². The van der Waals surface area contributed by atoms with Crippen LogP contribution in [0.25, 0.3) is 22.5 Å². The van der Waals surface area contributed by atoms with Gasteiger partial charge in [0.1, 0.15) is 40.8 Å². The minimum absolute atomic E-state index is 0.0125. The van der Waals surface area contributed by atoms with Crippen molar-refractivity contribution in [3.8, 4) is 34.0 Å². The zero-order valence-corrected chi connectivity index (χ0v) is 34.9. The van der Waals surface area contributed by atoms with Crippen molar-refractivity contribution in [1.82, 2.24) is 25.2 Å². The predicted molar refractivity (Wildman–Crippen MR) is 218 cm³/mol. The molecule has 0 bridgehead atoms. The molecule has 1 saturated heterocycles. The average Bonchev–Trinajstić information content (AvgIpc) is 4.09. The van der Waals surface area contributed by atoms with Crippen molar-refractivity contribution in [2.45, 2.75) is 102 Å². The highest BCUT2D eigenvalue weighted by atomic mass is 32.2. The minimum atomic E-state index is -3.92. The Balaban J connectivity index is 1.33. The molecule has 1 aliphatic heterocycles. The van der Waals surface area contributed by atoms with E-state index in [1.807, 2.05) is 54.6 Å². The fraction of sp³-hybridized carbons (Fsp3) is 0.465. The molecule has 2 aromatic carbocycles. The summed E-state index contributed by atoms with van der Waals surface area (Å²) in [5.41, 5.74) is -0.346. The number of aromatic nitrogens is 1. The summed E-state index contributed by atoms with van der Waals surface area (Å²) in [6.07, 6.45) is 1.01. The Morgan fingerprint density at radius 2 is 1.55 bits per heavy atom. The Morgan fingerprint density at radius 3 is 2.09 bits per heavy atom. The molecule has 3 fully saturated rings. The SMILES string of the molecule is C=C[C@@H]1C[C@]1(NC(=O)[C@@H]1C[C@@H](Oc2cc(-c3ccccc3)nc(-c3ccc(OC)cc3)c2)CN1C(=O)[C@@H](NC(=O)OC(C)(C)C)C(C)(C)C)C(=O)NS(=O)(=O)C1CC1. The number of hydrogen-bond acceptors (Lipinski definition) is 10. The summed E-state index contributed by atoms with van der Waals surface area (Å²) in [6.45, 7) is 14.2. The number of methoxy groups -OCH3 is 1. The van der Waals surface area contributed by atoms with Crippen LogP contribution < -0.4 is 24.8 Å². The van der Waals surface area contributed by atoms with Crippen LogP contribution in [0.5, 0.6) is 11.5 Å². The molecule has 4 amide bonds. The third-order valence-electron chi connectivity index (χ3n) is 10.4. The van der Waals surface area contributed by atoms with E-state index in [1.165, 1.54) is 11.0 Å². The normalized spacial score (nSPS) is 22.3. The van der Waals surface area contributed by atoms with Gasteiger partial charge in [-0.15, -0.1) is 6.58 Å². The molecule has 2 heterocycles. The molecule has 310 valence electrons. The van der Waals surface area contributed by atoms with E-state index in [0.29, 0.717) is 35.7 Å². The molecule has 0 unspecified atom stereocenters. The fourth-order valence-electron chi connectivity index (χ4n) is 7.07. The lowest BCUT2D eigenvalue weighted by Crippen LogP contribution is -2.60. The van der Waals surface area contributed by atoms with Crippen LogP contribution in [-0.2, 0) is 29.1 Å². The van der Waals surface area contributed by atoms with Crippen molar-refractivity contribution in [2.24, 2.45) is 11.3 Å². The molecule has 5 atom stereocenters. The molecule has 0 radical (unpaired) electrons. The van der Waals surface area contributed by atoms with Gasteiger partial charge in [-0.1, -0.05) is 57.2 Å². The standard InChI is InChI=1S/C43H53N5O9S/c1-9-28-24-43(28,39(51)47-58(53,54)32-19-20-32)46-37(49)35-23-31(25-48(35)38(50)36(41(2,3)4)45-40(52)57-42(5,6)7)56-30-21-33(26-13-11-10-12-14-26)44-34(22-30)27-15-17-29(55-8)18-16-27/h9-18,21-22,28,31-32,35-36H,1,19-20,23-25H2,2-8H3,(H,45,52)(H,46,49)(H,47,51)/t28-,31-,35+,36-,43-/m1/s1. The molecule has 58 heavy (non-hydrogen) atoms. The first-order chi connectivity index (χ1) is 27.2. The lowest BCUT2D eigenvalue weighted by molar-refractivity contribution is -0.143. The molecular formula is C43H53N5O9S. The number of pyridine rings is 1. The molecule has 3 N–H and O–H groups in total. The van der Waals surface area contributed by atoms with E-state index in [1.54, 1.807) is 60.8 Å². The summed E-state index contributed by atoms with van der Waals surface area (Å²) in [5, 5.41) is 4.88. The van der Waals surface area contributed by atoms with Crippen LogP contribution in [0.4, 0.5) is 4.79 Å². The number of hydrogen-bond donors (Lipinski definition) is 3. The Hall–Kier alpha value is -5.44. The number of likely N-dealkylation sites (tertiary alicyclic amines) is 1. The van der Waals surface area contributed by atoms with E-state index in [2.05, 4.69) is 21.9 Å². The Kier molecular flexibility index (Phi) is 11.7. The number of ether oxygens (including phenoxy) is 3. The second kappa shape index (κ2) is 16.1. The first kappa shape index (κ1) is 42.2. The topological polar surface area (TPSA) is 182 Å². The van der Waals surface area contributed by atoms with Crippen LogP contribution in [0.2, 0.25) is 0 Å². The molecule has 14 nitrogen and oxygen atoms in total. The zero-order valence-electron chi connectivity index (χ0n) is 34.0. The summed E-state index contributed by atoms with van der Waals surface area (Å²) in [4.78, 5) is 62.1. The first-order valence-corrected chi connectivity index (χ1v) is 21.0. The number of alkyl carbamates (subject to hydrolysis) is 1. The quantitative estimate of drug-likeness (QED) is 0.190. The van der Waals surface area contributed by atoms with E-state index >= 15 is 0 Å². The number of sulfonamides is 1. The minimum Gasteiger partial charge on any atom is -0.497 e. The van der Waals surface area contributed by atoms with Crippen LogP contribution in [-0.4, -0.2) is 90.3 Å². The number of amides is 4. The largest absolute Gasteiger partial charge is 0.497 e. The van der Waals surface area contributed by atoms with Crippen molar-refractivity contribution in [1.29, 1.82) is 0 Å². The molecule has 2 aliphatic carbocycles. The zero-order chi connectivity index (χ0) is 42.2. The van der Waals surface area contributed by atoms with E-state index in [4.69, 9.17) is 19.2 Å². The van der Waals surface area contributed by atoms with E-state index < -0.39 is 79.7 Å². The van der Waals surface area contributed by atoms with Crippen molar-refractivity contribution in [3.05, 3.63) is 79.4 Å². The molecule has 2 saturated carbocycles. The maximum absolute atomic E-state index is 14.7. The third kappa shape index (κ3) is 9.63.